The number of alkyl halides is 2. The summed E-state index contributed by atoms with van der Waals surface area (Å²) in [6.45, 7) is 6.02. The number of nitrogens with one attached hydrogen (secondary N) is 1. The highest BCUT2D eigenvalue weighted by Gasteiger charge is 2.35. The SMILES string of the molecule is CC(C)(C)OC(=O)N1CCNC[C@H]1C(F)F. The van der Waals surface area contributed by atoms with Crippen LogP contribution in [0.5, 0.6) is 0 Å². The van der Waals surface area contributed by atoms with E-state index in [0.29, 0.717) is 6.54 Å². The van der Waals surface area contributed by atoms with Crippen LogP contribution in [0, 0.1) is 0 Å². The van der Waals surface area contributed by atoms with Crippen molar-refractivity contribution in [3.63, 3.8) is 0 Å². The molecule has 4 nitrogen and oxygen atoms in total. The van der Waals surface area contributed by atoms with Crippen molar-refractivity contribution in [2.45, 2.75) is 38.8 Å². The number of ether oxygens (including phenoxy) is 1. The van der Waals surface area contributed by atoms with Crippen molar-refractivity contribution in [2.75, 3.05) is 19.6 Å². The van der Waals surface area contributed by atoms with Crippen LogP contribution >= 0.6 is 0 Å². The molecule has 0 aromatic carbocycles. The van der Waals surface area contributed by atoms with Gasteiger partial charge >= 0.3 is 6.09 Å². The van der Waals surface area contributed by atoms with Crippen molar-refractivity contribution in [3.8, 4) is 0 Å². The Kier molecular flexibility index (Phi) is 4.07. The molecule has 1 amide bonds. The van der Waals surface area contributed by atoms with Crippen LogP contribution in [0.2, 0.25) is 0 Å². The summed E-state index contributed by atoms with van der Waals surface area (Å²) in [5.74, 6) is 0. The fraction of sp³-hybridized carbons (Fsp3) is 0.900. The van der Waals surface area contributed by atoms with Crippen LogP contribution in [0.15, 0.2) is 0 Å². The third kappa shape index (κ3) is 3.59. The number of piperazine rings is 1. The van der Waals surface area contributed by atoms with Gasteiger partial charge in [-0.3, -0.25) is 4.90 Å². The maximum absolute atomic E-state index is 12.7. The van der Waals surface area contributed by atoms with Crippen molar-refractivity contribution in [1.82, 2.24) is 10.2 Å². The van der Waals surface area contributed by atoms with E-state index >= 15 is 0 Å². The van der Waals surface area contributed by atoms with Gasteiger partial charge in [-0.15, -0.1) is 0 Å². The molecule has 16 heavy (non-hydrogen) atoms. The van der Waals surface area contributed by atoms with Gasteiger partial charge in [-0.1, -0.05) is 0 Å². The summed E-state index contributed by atoms with van der Waals surface area (Å²) in [5.41, 5.74) is -0.658. The topological polar surface area (TPSA) is 41.6 Å². The van der Waals surface area contributed by atoms with Crippen molar-refractivity contribution in [1.29, 1.82) is 0 Å². The molecule has 94 valence electrons. The molecular formula is C10H18F2N2O2. The molecule has 0 bridgehead atoms. The Balaban J connectivity index is 2.64. The normalized spacial score (nSPS) is 22.4. The number of hydrogen-bond donors (Lipinski definition) is 1. The average molecular weight is 236 g/mol. The van der Waals surface area contributed by atoms with Crippen molar-refractivity contribution < 1.29 is 18.3 Å². The van der Waals surface area contributed by atoms with E-state index in [-0.39, 0.29) is 13.1 Å². The van der Waals surface area contributed by atoms with Crippen LogP contribution in [-0.2, 0) is 4.74 Å². The number of rotatable bonds is 1. The van der Waals surface area contributed by atoms with Gasteiger partial charge in [0.2, 0.25) is 0 Å². The summed E-state index contributed by atoms with van der Waals surface area (Å²) < 4.78 is 30.4. The second-order valence-corrected chi connectivity index (χ2v) is 4.78. The molecule has 1 aliphatic rings. The van der Waals surface area contributed by atoms with Gasteiger partial charge in [-0.2, -0.15) is 0 Å². The summed E-state index contributed by atoms with van der Waals surface area (Å²) in [5, 5.41) is 2.83. The zero-order chi connectivity index (χ0) is 12.3. The quantitative estimate of drug-likeness (QED) is 0.749. The Bertz CT molecular complexity index is 254. The minimum atomic E-state index is -2.56. The summed E-state index contributed by atoms with van der Waals surface area (Å²) in [6, 6.07) is -1.09. The lowest BCUT2D eigenvalue weighted by Crippen LogP contribution is -2.57. The van der Waals surface area contributed by atoms with Crippen LogP contribution in [0.1, 0.15) is 20.8 Å². The number of carbonyl (C=O) groups excluding carboxylic acids is 1. The van der Waals surface area contributed by atoms with Gasteiger partial charge in [-0.25, -0.2) is 13.6 Å². The van der Waals surface area contributed by atoms with Gasteiger partial charge < -0.3 is 10.1 Å². The highest BCUT2D eigenvalue weighted by atomic mass is 19.3. The minimum Gasteiger partial charge on any atom is -0.444 e. The molecule has 0 saturated carbocycles. The molecule has 0 radical (unpaired) electrons. The first kappa shape index (κ1) is 13.2. The molecule has 0 aromatic rings. The second-order valence-electron chi connectivity index (χ2n) is 4.78. The second kappa shape index (κ2) is 4.95. The summed E-state index contributed by atoms with van der Waals surface area (Å²) in [4.78, 5) is 12.8. The van der Waals surface area contributed by atoms with Crippen LogP contribution in [0.4, 0.5) is 13.6 Å². The smallest absolute Gasteiger partial charge is 0.410 e. The molecule has 1 atom stereocenters. The van der Waals surface area contributed by atoms with E-state index in [1.54, 1.807) is 20.8 Å². The Hall–Kier alpha value is -0.910. The lowest BCUT2D eigenvalue weighted by molar-refractivity contribution is -0.0214. The van der Waals surface area contributed by atoms with Crippen LogP contribution < -0.4 is 5.32 Å². The largest absolute Gasteiger partial charge is 0.444 e. The van der Waals surface area contributed by atoms with E-state index in [2.05, 4.69) is 5.32 Å². The molecule has 0 aromatic heterocycles. The number of nitrogens with zero attached hydrogens (tertiary/aromatic N) is 1. The zero-order valence-electron chi connectivity index (χ0n) is 9.80. The van der Waals surface area contributed by atoms with Gasteiger partial charge in [0.15, 0.2) is 0 Å². The predicted molar refractivity (Wildman–Crippen MR) is 55.6 cm³/mol. The van der Waals surface area contributed by atoms with Crippen molar-refractivity contribution in [2.24, 2.45) is 0 Å². The number of hydrogen-bond acceptors (Lipinski definition) is 3. The Morgan fingerprint density at radius 3 is 2.62 bits per heavy atom. The predicted octanol–water partition coefficient (Wildman–Crippen LogP) is 1.46. The molecule has 1 N–H and O–H groups in total. The van der Waals surface area contributed by atoms with Gasteiger partial charge in [0.25, 0.3) is 6.43 Å². The van der Waals surface area contributed by atoms with E-state index in [9.17, 15) is 13.6 Å². The van der Waals surface area contributed by atoms with Crippen molar-refractivity contribution in [3.05, 3.63) is 0 Å². The van der Waals surface area contributed by atoms with Crippen LogP contribution in [0.3, 0.4) is 0 Å². The van der Waals surface area contributed by atoms with E-state index in [0.717, 1.165) is 4.90 Å². The third-order valence-electron chi connectivity index (χ3n) is 2.20. The fourth-order valence-corrected chi connectivity index (χ4v) is 1.50. The zero-order valence-corrected chi connectivity index (χ0v) is 9.80. The molecule has 0 spiro atoms. The van der Waals surface area contributed by atoms with E-state index in [4.69, 9.17) is 4.74 Å². The molecule has 1 aliphatic heterocycles. The lowest BCUT2D eigenvalue weighted by atomic mass is 10.2. The van der Waals surface area contributed by atoms with Crippen molar-refractivity contribution >= 4 is 6.09 Å². The average Bonchev–Trinajstić information content (AvgIpc) is 2.15. The Labute approximate surface area is 93.9 Å². The number of amides is 1. The number of carbonyl (C=O) groups is 1. The minimum absolute atomic E-state index is 0.108. The summed E-state index contributed by atoms with van der Waals surface area (Å²) in [6.07, 6.45) is -3.22. The van der Waals surface area contributed by atoms with Crippen LogP contribution in [0.25, 0.3) is 0 Å². The first-order valence-corrected chi connectivity index (χ1v) is 5.30. The van der Waals surface area contributed by atoms with E-state index < -0.39 is 24.2 Å². The van der Waals surface area contributed by atoms with Gasteiger partial charge in [0.05, 0.1) is 0 Å². The van der Waals surface area contributed by atoms with Gasteiger partial charge in [-0.05, 0) is 20.8 Å². The maximum atomic E-state index is 12.7. The fourth-order valence-electron chi connectivity index (χ4n) is 1.50. The molecule has 6 heteroatoms. The Morgan fingerprint density at radius 1 is 1.50 bits per heavy atom. The molecule has 1 heterocycles. The molecule has 0 unspecified atom stereocenters. The maximum Gasteiger partial charge on any atom is 0.410 e. The lowest BCUT2D eigenvalue weighted by Gasteiger charge is -2.36. The van der Waals surface area contributed by atoms with Gasteiger partial charge in [0, 0.05) is 19.6 Å². The molecule has 1 rings (SSSR count). The van der Waals surface area contributed by atoms with E-state index in [1.807, 2.05) is 0 Å². The van der Waals surface area contributed by atoms with E-state index in [1.165, 1.54) is 0 Å². The summed E-state index contributed by atoms with van der Waals surface area (Å²) in [7, 11) is 0. The number of halogens is 2. The standard InChI is InChI=1S/C10H18F2N2O2/c1-10(2,3)16-9(15)14-5-4-13-6-7(14)8(11)12/h7-8,13H,4-6H2,1-3H3/t7-/m0/s1. The molecule has 1 fully saturated rings. The summed E-state index contributed by atoms with van der Waals surface area (Å²) >= 11 is 0. The molecule has 1 saturated heterocycles. The first-order valence-electron chi connectivity index (χ1n) is 5.30. The van der Waals surface area contributed by atoms with Gasteiger partial charge in [0.1, 0.15) is 11.6 Å². The third-order valence-corrected chi connectivity index (χ3v) is 2.20. The van der Waals surface area contributed by atoms with Crippen LogP contribution in [-0.4, -0.2) is 48.7 Å². The highest BCUT2D eigenvalue weighted by molar-refractivity contribution is 5.68. The molecular weight excluding hydrogens is 218 g/mol. The Morgan fingerprint density at radius 2 is 2.12 bits per heavy atom. The highest BCUT2D eigenvalue weighted by Crippen LogP contribution is 2.16. The molecule has 0 aliphatic carbocycles. The monoisotopic (exact) mass is 236 g/mol. The first-order chi connectivity index (χ1) is 7.31.